The Hall–Kier alpha value is -2.88. The smallest absolute Gasteiger partial charge is 0.404 e. The van der Waals surface area contributed by atoms with Gasteiger partial charge in [0.15, 0.2) is 5.75 Å². The number of ether oxygens (including phenoxy) is 1. The minimum Gasteiger partial charge on any atom is -0.404 e. The van der Waals surface area contributed by atoms with Crippen LogP contribution in [0.4, 0.5) is 18.9 Å². The number of nitrogens with one attached hydrogen (secondary N) is 1. The van der Waals surface area contributed by atoms with Crippen molar-refractivity contribution in [2.24, 2.45) is 0 Å². The van der Waals surface area contributed by atoms with E-state index in [-0.39, 0.29) is 16.1 Å². The molecule has 1 N–H and O–H groups in total. The van der Waals surface area contributed by atoms with E-state index in [4.69, 9.17) is 0 Å². The van der Waals surface area contributed by atoms with Crippen LogP contribution in [-0.2, 0) is 13.0 Å². The molecule has 1 aliphatic heterocycles. The molecule has 1 aromatic carbocycles. The molecule has 0 atom stereocenters. The molecule has 10 heteroatoms. The number of hydrogen-bond acceptors (Lipinski definition) is 5. The molecule has 0 aliphatic carbocycles. The summed E-state index contributed by atoms with van der Waals surface area (Å²) in [4.78, 5) is 31.1. The predicted octanol–water partition coefficient (Wildman–Crippen LogP) is 4.64. The Morgan fingerprint density at radius 3 is 2.77 bits per heavy atom. The maximum absolute atomic E-state index is 13.0. The first-order chi connectivity index (χ1) is 14.2. The van der Waals surface area contributed by atoms with E-state index in [1.165, 1.54) is 18.2 Å². The standard InChI is InChI=1S/C20H18F3N3O3S/c1-11-15-18(25-14-9-3-2-6-10-26(14)19(15)28)30-16(11)17(27)24-12-7-4-5-8-13(12)29-20(21,22)23/h4-5,7-8H,2-3,6,9-10H2,1H3,(H,24,27). The lowest BCUT2D eigenvalue weighted by atomic mass is 10.2. The first-order valence-electron chi connectivity index (χ1n) is 9.43. The normalized spacial score (nSPS) is 14.3. The zero-order valence-electron chi connectivity index (χ0n) is 16.0. The summed E-state index contributed by atoms with van der Waals surface area (Å²) in [5, 5.41) is 2.84. The average molecular weight is 437 g/mol. The number of carbonyl (C=O) groups excluding carboxylic acids is 1. The van der Waals surface area contributed by atoms with Gasteiger partial charge < -0.3 is 10.1 Å². The van der Waals surface area contributed by atoms with Gasteiger partial charge in [-0.2, -0.15) is 0 Å². The Bertz CT molecular complexity index is 1180. The number of alkyl halides is 3. The van der Waals surface area contributed by atoms with Gasteiger partial charge in [0.2, 0.25) is 0 Å². The molecule has 0 spiro atoms. The molecule has 2 aromatic heterocycles. The van der Waals surface area contributed by atoms with Crippen LogP contribution in [0.25, 0.3) is 10.2 Å². The summed E-state index contributed by atoms with van der Waals surface area (Å²) in [6, 6.07) is 5.30. The third-order valence-electron chi connectivity index (χ3n) is 4.98. The highest BCUT2D eigenvalue weighted by atomic mass is 32.1. The number of fused-ring (bicyclic) bond motifs is 2. The number of hydrogen-bond donors (Lipinski definition) is 1. The van der Waals surface area contributed by atoms with E-state index in [9.17, 15) is 22.8 Å². The number of amides is 1. The first-order valence-corrected chi connectivity index (χ1v) is 10.2. The number of benzene rings is 1. The summed E-state index contributed by atoms with van der Waals surface area (Å²) >= 11 is 1.06. The average Bonchev–Trinajstić information content (AvgIpc) is 2.84. The third kappa shape index (κ3) is 3.91. The van der Waals surface area contributed by atoms with Crippen LogP contribution >= 0.6 is 11.3 Å². The summed E-state index contributed by atoms with van der Waals surface area (Å²) in [5.74, 6) is -0.419. The number of carbonyl (C=O) groups is 1. The number of anilines is 1. The molecule has 0 bridgehead atoms. The van der Waals surface area contributed by atoms with Crippen LogP contribution in [0.1, 0.15) is 40.3 Å². The lowest BCUT2D eigenvalue weighted by molar-refractivity contribution is -0.274. The molecule has 3 heterocycles. The van der Waals surface area contributed by atoms with Crippen LogP contribution < -0.4 is 15.6 Å². The highest BCUT2D eigenvalue weighted by molar-refractivity contribution is 7.20. The van der Waals surface area contributed by atoms with Crippen molar-refractivity contribution in [1.29, 1.82) is 0 Å². The van der Waals surface area contributed by atoms with Gasteiger partial charge in [-0.3, -0.25) is 14.2 Å². The molecule has 3 aromatic rings. The van der Waals surface area contributed by atoms with Crippen molar-refractivity contribution in [2.75, 3.05) is 5.32 Å². The summed E-state index contributed by atoms with van der Waals surface area (Å²) in [5.41, 5.74) is 0.182. The molecule has 0 saturated heterocycles. The van der Waals surface area contributed by atoms with Gasteiger partial charge in [0.25, 0.3) is 11.5 Å². The number of nitrogens with zero attached hydrogens (tertiary/aromatic N) is 2. The maximum Gasteiger partial charge on any atom is 0.573 e. The van der Waals surface area contributed by atoms with Crippen LogP contribution in [0.15, 0.2) is 29.1 Å². The van der Waals surface area contributed by atoms with E-state index in [0.717, 1.165) is 36.7 Å². The fourth-order valence-electron chi connectivity index (χ4n) is 3.59. The van der Waals surface area contributed by atoms with E-state index in [1.54, 1.807) is 11.5 Å². The second-order valence-corrected chi connectivity index (χ2v) is 8.03. The highest BCUT2D eigenvalue weighted by Gasteiger charge is 2.32. The van der Waals surface area contributed by atoms with Crippen molar-refractivity contribution in [1.82, 2.24) is 9.55 Å². The van der Waals surface area contributed by atoms with Crippen molar-refractivity contribution < 1.29 is 22.7 Å². The van der Waals surface area contributed by atoms with Gasteiger partial charge in [-0.15, -0.1) is 24.5 Å². The third-order valence-corrected chi connectivity index (χ3v) is 6.16. The molecule has 30 heavy (non-hydrogen) atoms. The SMILES string of the molecule is Cc1c(C(=O)Nc2ccccc2OC(F)(F)F)sc2nc3n(c(=O)c12)CCCCC3. The van der Waals surface area contributed by atoms with E-state index >= 15 is 0 Å². The van der Waals surface area contributed by atoms with Crippen LogP contribution in [0, 0.1) is 6.92 Å². The Morgan fingerprint density at radius 1 is 1.23 bits per heavy atom. The van der Waals surface area contributed by atoms with E-state index in [0.29, 0.717) is 34.6 Å². The monoisotopic (exact) mass is 437 g/mol. The lowest BCUT2D eigenvalue weighted by Crippen LogP contribution is -2.24. The molecule has 0 saturated carbocycles. The molecule has 1 amide bonds. The van der Waals surface area contributed by atoms with E-state index in [2.05, 4.69) is 15.0 Å². The van der Waals surface area contributed by atoms with Crippen molar-refractivity contribution in [3.63, 3.8) is 0 Å². The molecule has 0 radical (unpaired) electrons. The number of aromatic nitrogens is 2. The Kier molecular flexibility index (Phi) is 5.27. The van der Waals surface area contributed by atoms with Gasteiger partial charge in [-0.25, -0.2) is 4.98 Å². The number of thiophene rings is 1. The first kappa shape index (κ1) is 20.4. The van der Waals surface area contributed by atoms with Crippen LogP contribution in [0.2, 0.25) is 0 Å². The molecular formula is C20H18F3N3O3S. The minimum absolute atomic E-state index is 0.114. The topological polar surface area (TPSA) is 73.2 Å². The number of halogens is 3. The van der Waals surface area contributed by atoms with Gasteiger partial charge in [-0.05, 0) is 37.5 Å². The molecule has 0 unspecified atom stereocenters. The van der Waals surface area contributed by atoms with Gasteiger partial charge in [-0.1, -0.05) is 18.6 Å². The number of aryl methyl sites for hydroxylation is 2. The zero-order chi connectivity index (χ0) is 21.5. The fraction of sp³-hybridized carbons (Fsp3) is 0.350. The second kappa shape index (κ2) is 7.75. The van der Waals surface area contributed by atoms with Crippen LogP contribution in [0.3, 0.4) is 0 Å². The van der Waals surface area contributed by atoms with Gasteiger partial charge in [0.05, 0.1) is 16.0 Å². The Morgan fingerprint density at radius 2 is 2.00 bits per heavy atom. The summed E-state index contributed by atoms with van der Waals surface area (Å²) in [7, 11) is 0. The molecule has 158 valence electrons. The van der Waals surface area contributed by atoms with E-state index < -0.39 is 18.0 Å². The second-order valence-electron chi connectivity index (χ2n) is 7.03. The van der Waals surface area contributed by atoms with Crippen molar-refractivity contribution >= 4 is 33.1 Å². The maximum atomic E-state index is 13.0. The van der Waals surface area contributed by atoms with Crippen LogP contribution in [-0.4, -0.2) is 21.8 Å². The fourth-order valence-corrected chi connectivity index (χ4v) is 4.67. The molecule has 4 rings (SSSR count). The van der Waals surface area contributed by atoms with Gasteiger partial charge in [0, 0.05) is 13.0 Å². The highest BCUT2D eigenvalue weighted by Crippen LogP contribution is 2.33. The molecular weight excluding hydrogens is 419 g/mol. The summed E-state index contributed by atoms with van der Waals surface area (Å²) < 4.78 is 43.5. The Labute approximate surface area is 173 Å². The summed E-state index contributed by atoms with van der Waals surface area (Å²) in [6.07, 6.45) is -1.31. The quantitative estimate of drug-likeness (QED) is 0.648. The van der Waals surface area contributed by atoms with Crippen LogP contribution in [0.5, 0.6) is 5.75 Å². The number of para-hydroxylation sites is 2. The molecule has 1 aliphatic rings. The van der Waals surface area contributed by atoms with Crippen molar-refractivity contribution in [2.45, 2.75) is 45.5 Å². The van der Waals surface area contributed by atoms with E-state index in [1.807, 2.05) is 0 Å². The minimum atomic E-state index is -4.88. The predicted molar refractivity (Wildman–Crippen MR) is 107 cm³/mol. The van der Waals surface area contributed by atoms with Crippen molar-refractivity contribution in [3.05, 3.63) is 50.9 Å². The lowest BCUT2D eigenvalue weighted by Gasteiger charge is -2.13. The zero-order valence-corrected chi connectivity index (χ0v) is 16.8. The molecule has 6 nitrogen and oxygen atoms in total. The van der Waals surface area contributed by atoms with Crippen molar-refractivity contribution in [3.8, 4) is 5.75 Å². The Balaban J connectivity index is 1.71. The van der Waals surface area contributed by atoms with Gasteiger partial charge >= 0.3 is 6.36 Å². The molecule has 0 fully saturated rings. The number of rotatable bonds is 3. The largest absolute Gasteiger partial charge is 0.573 e. The van der Waals surface area contributed by atoms with Gasteiger partial charge in [0.1, 0.15) is 10.7 Å². The summed E-state index contributed by atoms with van der Waals surface area (Å²) in [6.45, 7) is 2.24.